The van der Waals surface area contributed by atoms with E-state index < -0.39 is 5.97 Å². The molecule has 1 unspecified atom stereocenters. The number of carbonyl (C=O) groups is 1. The van der Waals surface area contributed by atoms with Crippen molar-refractivity contribution in [3.63, 3.8) is 0 Å². The highest BCUT2D eigenvalue weighted by Gasteiger charge is 2.12. The number of benzene rings is 1. The van der Waals surface area contributed by atoms with E-state index in [1.54, 1.807) is 6.92 Å². The van der Waals surface area contributed by atoms with E-state index in [0.29, 0.717) is 13.0 Å². The molecule has 1 atom stereocenters. The number of hydrogen-bond acceptors (Lipinski definition) is 3. The van der Waals surface area contributed by atoms with Crippen LogP contribution in [0, 0.1) is 12.8 Å². The van der Waals surface area contributed by atoms with Gasteiger partial charge in [-0.3, -0.25) is 4.79 Å². The Labute approximate surface area is 112 Å². The molecule has 1 heterocycles. The Balaban J connectivity index is 2.08. The summed E-state index contributed by atoms with van der Waals surface area (Å²) < 4.78 is 0. The predicted molar refractivity (Wildman–Crippen MR) is 75.5 cm³/mol. The van der Waals surface area contributed by atoms with Gasteiger partial charge in [0.05, 0.1) is 17.0 Å². The van der Waals surface area contributed by atoms with E-state index in [9.17, 15) is 4.79 Å². The van der Waals surface area contributed by atoms with Crippen molar-refractivity contribution in [2.75, 3.05) is 18.5 Å². The van der Waals surface area contributed by atoms with Crippen LogP contribution >= 0.6 is 0 Å². The first-order chi connectivity index (χ1) is 8.97. The molecule has 0 aliphatic rings. The zero-order valence-corrected chi connectivity index (χ0v) is 11.5. The molecule has 0 radical (unpaired) electrons. The molecular weight excluding hydrogens is 242 g/mol. The number of nitrogens with one attached hydrogen (secondary N) is 1. The van der Waals surface area contributed by atoms with Crippen molar-refractivity contribution in [2.45, 2.75) is 20.3 Å². The number of imidazole rings is 1. The van der Waals surface area contributed by atoms with Crippen LogP contribution in [0.4, 0.5) is 5.69 Å². The van der Waals surface area contributed by atoms with E-state index in [0.717, 1.165) is 22.5 Å². The molecule has 19 heavy (non-hydrogen) atoms. The van der Waals surface area contributed by atoms with Crippen molar-refractivity contribution in [3.8, 4) is 0 Å². The van der Waals surface area contributed by atoms with Gasteiger partial charge in [-0.25, -0.2) is 4.98 Å². The topological polar surface area (TPSA) is 69.2 Å². The van der Waals surface area contributed by atoms with E-state index in [2.05, 4.69) is 14.9 Å². The highest BCUT2D eigenvalue weighted by molar-refractivity contribution is 5.79. The predicted octanol–water partition coefficient (Wildman–Crippen LogP) is 2.42. The molecule has 0 saturated heterocycles. The standard InChI is InChI=1S/C14H19N3O2/c1-9(14(18)19)6-7-17(3)11-4-5-12-13(8-11)16-10(2)15-12/h4-5,8-9H,6-7H2,1-3H3,(H,15,16)(H,18,19). The van der Waals surface area contributed by atoms with Crippen LogP contribution in [-0.4, -0.2) is 34.6 Å². The maximum absolute atomic E-state index is 10.8. The molecule has 0 spiro atoms. The molecule has 5 nitrogen and oxygen atoms in total. The van der Waals surface area contributed by atoms with Crippen LogP contribution in [0.3, 0.4) is 0 Å². The van der Waals surface area contributed by atoms with Gasteiger partial charge in [-0.2, -0.15) is 0 Å². The third-order valence-electron chi connectivity index (χ3n) is 3.34. The number of aromatic amines is 1. The number of aryl methyl sites for hydroxylation is 1. The minimum absolute atomic E-state index is 0.319. The Morgan fingerprint density at radius 2 is 2.26 bits per heavy atom. The Hall–Kier alpha value is -2.04. The summed E-state index contributed by atoms with van der Waals surface area (Å²) in [6.07, 6.45) is 0.631. The summed E-state index contributed by atoms with van der Waals surface area (Å²) in [6, 6.07) is 6.03. The minimum Gasteiger partial charge on any atom is -0.481 e. The third kappa shape index (κ3) is 3.05. The van der Waals surface area contributed by atoms with Gasteiger partial charge < -0.3 is 15.0 Å². The number of rotatable bonds is 5. The van der Waals surface area contributed by atoms with Gasteiger partial charge in [-0.15, -0.1) is 0 Å². The Morgan fingerprint density at radius 1 is 1.53 bits per heavy atom. The van der Waals surface area contributed by atoms with Gasteiger partial charge in [0.1, 0.15) is 5.82 Å². The van der Waals surface area contributed by atoms with Gasteiger partial charge in [-0.1, -0.05) is 6.92 Å². The average molecular weight is 261 g/mol. The average Bonchev–Trinajstić information content (AvgIpc) is 2.74. The Morgan fingerprint density at radius 3 is 2.95 bits per heavy atom. The summed E-state index contributed by atoms with van der Waals surface area (Å²) in [6.45, 7) is 4.38. The largest absolute Gasteiger partial charge is 0.481 e. The number of hydrogen-bond donors (Lipinski definition) is 2. The van der Waals surface area contributed by atoms with Crippen LogP contribution in [-0.2, 0) is 4.79 Å². The number of fused-ring (bicyclic) bond motifs is 1. The van der Waals surface area contributed by atoms with E-state index in [1.807, 2.05) is 32.2 Å². The van der Waals surface area contributed by atoms with Gasteiger partial charge in [0.15, 0.2) is 0 Å². The van der Waals surface area contributed by atoms with E-state index >= 15 is 0 Å². The highest BCUT2D eigenvalue weighted by atomic mass is 16.4. The summed E-state index contributed by atoms with van der Waals surface area (Å²) in [5.41, 5.74) is 3.02. The van der Waals surface area contributed by atoms with E-state index in [1.165, 1.54) is 0 Å². The number of aliphatic carboxylic acids is 1. The number of H-pyrrole nitrogens is 1. The molecule has 1 aromatic carbocycles. The molecule has 0 bridgehead atoms. The quantitative estimate of drug-likeness (QED) is 0.867. The van der Waals surface area contributed by atoms with E-state index in [4.69, 9.17) is 5.11 Å². The zero-order chi connectivity index (χ0) is 14.0. The van der Waals surface area contributed by atoms with Gasteiger partial charge >= 0.3 is 5.97 Å². The van der Waals surface area contributed by atoms with Crippen LogP contribution in [0.5, 0.6) is 0 Å². The van der Waals surface area contributed by atoms with Crippen LogP contribution in [0.25, 0.3) is 11.0 Å². The third-order valence-corrected chi connectivity index (χ3v) is 3.34. The smallest absolute Gasteiger partial charge is 0.306 e. The Bertz CT molecular complexity index is 591. The molecule has 1 aromatic heterocycles. The minimum atomic E-state index is -0.743. The Kier molecular flexibility index (Phi) is 3.74. The lowest BCUT2D eigenvalue weighted by Crippen LogP contribution is -2.22. The van der Waals surface area contributed by atoms with Crippen molar-refractivity contribution in [1.82, 2.24) is 9.97 Å². The van der Waals surface area contributed by atoms with Crippen molar-refractivity contribution in [2.24, 2.45) is 5.92 Å². The fourth-order valence-corrected chi connectivity index (χ4v) is 2.00. The molecular formula is C14H19N3O2. The molecule has 2 rings (SSSR count). The summed E-state index contributed by atoms with van der Waals surface area (Å²) in [4.78, 5) is 20.4. The lowest BCUT2D eigenvalue weighted by molar-refractivity contribution is -0.141. The molecule has 0 aliphatic heterocycles. The molecule has 2 aromatic rings. The number of anilines is 1. The molecule has 2 N–H and O–H groups in total. The summed E-state index contributed by atoms with van der Waals surface area (Å²) in [5.74, 6) is -0.164. The maximum Gasteiger partial charge on any atom is 0.306 e. The molecule has 5 heteroatoms. The number of carboxylic acids is 1. The van der Waals surface area contributed by atoms with Gasteiger partial charge in [0.25, 0.3) is 0 Å². The van der Waals surface area contributed by atoms with Crippen LogP contribution in [0.15, 0.2) is 18.2 Å². The highest BCUT2D eigenvalue weighted by Crippen LogP contribution is 2.20. The second kappa shape index (κ2) is 5.30. The molecule has 0 saturated carbocycles. The lowest BCUT2D eigenvalue weighted by atomic mass is 10.1. The van der Waals surface area contributed by atoms with Gasteiger partial charge in [-0.05, 0) is 31.5 Å². The lowest BCUT2D eigenvalue weighted by Gasteiger charge is -2.20. The monoisotopic (exact) mass is 261 g/mol. The van der Waals surface area contributed by atoms with Crippen molar-refractivity contribution >= 4 is 22.7 Å². The van der Waals surface area contributed by atoms with Gasteiger partial charge in [0, 0.05) is 19.3 Å². The summed E-state index contributed by atoms with van der Waals surface area (Å²) >= 11 is 0. The van der Waals surface area contributed by atoms with Crippen LogP contribution < -0.4 is 4.90 Å². The number of aromatic nitrogens is 2. The fourth-order valence-electron chi connectivity index (χ4n) is 2.00. The van der Waals surface area contributed by atoms with Crippen LogP contribution in [0.1, 0.15) is 19.2 Å². The molecule has 0 amide bonds. The van der Waals surface area contributed by atoms with E-state index in [-0.39, 0.29) is 5.92 Å². The van der Waals surface area contributed by atoms with Crippen molar-refractivity contribution in [3.05, 3.63) is 24.0 Å². The molecule has 102 valence electrons. The first-order valence-electron chi connectivity index (χ1n) is 6.37. The van der Waals surface area contributed by atoms with Crippen molar-refractivity contribution < 1.29 is 9.90 Å². The second-order valence-electron chi connectivity index (χ2n) is 4.97. The normalized spacial score (nSPS) is 12.6. The maximum atomic E-state index is 10.8. The van der Waals surface area contributed by atoms with Crippen LogP contribution in [0.2, 0.25) is 0 Å². The first kappa shape index (κ1) is 13.4. The molecule has 0 aliphatic carbocycles. The molecule has 0 fully saturated rings. The number of nitrogens with zero attached hydrogens (tertiary/aromatic N) is 2. The fraction of sp³-hybridized carbons (Fsp3) is 0.429. The summed E-state index contributed by atoms with van der Waals surface area (Å²) in [7, 11) is 1.97. The zero-order valence-electron chi connectivity index (χ0n) is 11.5. The van der Waals surface area contributed by atoms with Crippen molar-refractivity contribution in [1.29, 1.82) is 0 Å². The van der Waals surface area contributed by atoms with Gasteiger partial charge in [0.2, 0.25) is 0 Å². The second-order valence-corrected chi connectivity index (χ2v) is 4.97. The first-order valence-corrected chi connectivity index (χ1v) is 6.37. The number of carboxylic acid groups (broad SMARTS) is 1. The summed E-state index contributed by atoms with van der Waals surface area (Å²) in [5, 5.41) is 8.88. The SMILES string of the molecule is Cc1nc2ccc(N(C)CCC(C)C(=O)O)cc2[nH]1.